The summed E-state index contributed by atoms with van der Waals surface area (Å²) >= 11 is 0. The lowest BCUT2D eigenvalue weighted by Gasteiger charge is -2.22. The molecule has 0 aromatic carbocycles. The highest BCUT2D eigenvalue weighted by atomic mass is 15.6. The van der Waals surface area contributed by atoms with Gasteiger partial charge in [-0.1, -0.05) is 6.92 Å². The summed E-state index contributed by atoms with van der Waals surface area (Å²) in [5.41, 5.74) is -0.143. The number of hydrazine groups is 1. The van der Waals surface area contributed by atoms with Crippen molar-refractivity contribution >= 4 is 12.6 Å². The fourth-order valence-corrected chi connectivity index (χ4v) is 0.628. The average Bonchev–Trinajstić information content (AvgIpc) is 1.96. The van der Waals surface area contributed by atoms with E-state index in [2.05, 4.69) is 17.0 Å². The minimum atomic E-state index is -0.143. The van der Waals surface area contributed by atoms with Gasteiger partial charge in [-0.25, -0.2) is 5.84 Å². The molecule has 1 unspecified atom stereocenters. The number of nitrogens with zero attached hydrogens (tertiary/aromatic N) is 3. The van der Waals surface area contributed by atoms with Crippen molar-refractivity contribution in [2.24, 2.45) is 15.9 Å². The molecule has 0 bridgehead atoms. The van der Waals surface area contributed by atoms with Gasteiger partial charge >= 0.3 is 0 Å². The van der Waals surface area contributed by atoms with Crippen molar-refractivity contribution in [3.8, 4) is 0 Å². The molecule has 10 heavy (non-hydrogen) atoms. The van der Waals surface area contributed by atoms with Crippen molar-refractivity contribution in [2.45, 2.75) is 25.8 Å². The highest BCUT2D eigenvalue weighted by molar-refractivity contribution is 5.76. The maximum atomic E-state index is 5.30. The molecule has 1 aliphatic rings. The van der Waals surface area contributed by atoms with Gasteiger partial charge in [-0.05, 0) is 13.3 Å². The first-order valence-corrected chi connectivity index (χ1v) is 3.31. The third-order valence-electron chi connectivity index (χ3n) is 1.66. The number of hydrogen-bond donors (Lipinski definition) is 1. The van der Waals surface area contributed by atoms with Gasteiger partial charge in [0.15, 0.2) is 0 Å². The minimum absolute atomic E-state index is 0.143. The molecule has 0 saturated heterocycles. The molecule has 0 saturated carbocycles. The molecule has 0 aliphatic carbocycles. The Balaban J connectivity index is 2.69. The maximum Gasteiger partial charge on any atom is 0.125 e. The summed E-state index contributed by atoms with van der Waals surface area (Å²) < 4.78 is 0. The van der Waals surface area contributed by atoms with E-state index in [1.165, 1.54) is 11.5 Å². The Morgan fingerprint density at radius 2 is 2.40 bits per heavy atom. The van der Waals surface area contributed by atoms with Gasteiger partial charge in [-0.2, -0.15) is 10.2 Å². The van der Waals surface area contributed by atoms with E-state index in [0.717, 1.165) is 6.42 Å². The first-order chi connectivity index (χ1) is 4.66. The second kappa shape index (κ2) is 2.38. The van der Waals surface area contributed by atoms with Crippen molar-refractivity contribution < 1.29 is 0 Å². The van der Waals surface area contributed by atoms with Crippen molar-refractivity contribution in [3.63, 3.8) is 0 Å². The highest BCUT2D eigenvalue weighted by Gasteiger charge is 2.19. The molecule has 0 amide bonds. The molecule has 0 aromatic heterocycles. The summed E-state index contributed by atoms with van der Waals surface area (Å²) in [5.74, 6) is 5.30. The first-order valence-electron chi connectivity index (χ1n) is 3.31. The van der Waals surface area contributed by atoms with Gasteiger partial charge in [0.25, 0.3) is 0 Å². The van der Waals surface area contributed by atoms with Gasteiger partial charge in [-0.15, -0.1) is 0 Å². The van der Waals surface area contributed by atoms with Crippen molar-refractivity contribution in [2.75, 3.05) is 0 Å². The first kappa shape index (κ1) is 7.21. The van der Waals surface area contributed by atoms with E-state index in [9.17, 15) is 0 Å². The fourth-order valence-electron chi connectivity index (χ4n) is 0.628. The monoisotopic (exact) mass is 140 g/mol. The summed E-state index contributed by atoms with van der Waals surface area (Å²) in [4.78, 5) is 4.19. The third kappa shape index (κ3) is 1.33. The molecule has 1 atom stereocenters. The van der Waals surface area contributed by atoms with Gasteiger partial charge in [0.05, 0.1) is 11.8 Å². The summed E-state index contributed by atoms with van der Waals surface area (Å²) in [6.07, 6.45) is 4.23. The van der Waals surface area contributed by atoms with E-state index in [1.54, 1.807) is 6.21 Å². The summed E-state index contributed by atoms with van der Waals surface area (Å²) in [6, 6.07) is 0. The predicted molar refractivity (Wildman–Crippen MR) is 41.7 cm³/mol. The Kier molecular flexibility index (Phi) is 1.72. The lowest BCUT2D eigenvalue weighted by molar-refractivity contribution is 0.450. The van der Waals surface area contributed by atoms with Gasteiger partial charge in [0.2, 0.25) is 0 Å². The van der Waals surface area contributed by atoms with Crippen LogP contribution in [-0.2, 0) is 0 Å². The van der Waals surface area contributed by atoms with Crippen LogP contribution < -0.4 is 5.84 Å². The highest BCUT2D eigenvalue weighted by Crippen LogP contribution is 2.13. The predicted octanol–water partition coefficient (Wildman–Crippen LogP) is 0.359. The van der Waals surface area contributed by atoms with Gasteiger partial charge in [0.1, 0.15) is 6.34 Å². The average molecular weight is 140 g/mol. The van der Waals surface area contributed by atoms with Crippen LogP contribution in [0.15, 0.2) is 10.1 Å². The second-order valence-corrected chi connectivity index (χ2v) is 2.58. The van der Waals surface area contributed by atoms with E-state index < -0.39 is 0 Å². The lowest BCUT2D eigenvalue weighted by Crippen LogP contribution is -2.35. The molecule has 2 N–H and O–H groups in total. The van der Waals surface area contributed by atoms with Crippen LogP contribution in [0.2, 0.25) is 0 Å². The summed E-state index contributed by atoms with van der Waals surface area (Å²) in [5, 5.41) is 5.10. The van der Waals surface area contributed by atoms with E-state index >= 15 is 0 Å². The smallest absolute Gasteiger partial charge is 0.125 e. The van der Waals surface area contributed by atoms with Crippen LogP contribution in [0, 0.1) is 0 Å². The summed E-state index contributed by atoms with van der Waals surface area (Å²) in [7, 11) is 0. The zero-order valence-electron chi connectivity index (χ0n) is 6.28. The zero-order valence-corrected chi connectivity index (χ0v) is 6.28. The van der Waals surface area contributed by atoms with Crippen LogP contribution in [0.25, 0.3) is 0 Å². The number of hydrogen-bond acceptors (Lipinski definition) is 4. The van der Waals surface area contributed by atoms with Gasteiger partial charge in [0, 0.05) is 0 Å². The van der Waals surface area contributed by atoms with Crippen LogP contribution in [-0.4, -0.2) is 23.2 Å². The van der Waals surface area contributed by atoms with Crippen LogP contribution in [0.5, 0.6) is 0 Å². The van der Waals surface area contributed by atoms with Gasteiger partial charge < -0.3 is 0 Å². The molecular formula is C6H12N4. The number of aliphatic imine (C=N–C) groups is 1. The Bertz CT molecular complexity index is 159. The molecule has 4 heteroatoms. The van der Waals surface area contributed by atoms with Crippen LogP contribution in [0.4, 0.5) is 0 Å². The summed E-state index contributed by atoms with van der Waals surface area (Å²) in [6.45, 7) is 4.08. The molecule has 56 valence electrons. The van der Waals surface area contributed by atoms with E-state index in [1.807, 2.05) is 6.92 Å². The standard InChI is InChI=1S/C6H12N4/c1-3-6(2)4-9-10(7)5-8-6/h4-5H,3,7H2,1-2H3. The minimum Gasteiger partial charge on any atom is -0.260 e. The molecule has 1 aliphatic heterocycles. The Hall–Kier alpha value is -0.900. The lowest BCUT2D eigenvalue weighted by atomic mass is 10.0. The number of hydrazone groups is 1. The van der Waals surface area contributed by atoms with Crippen LogP contribution >= 0.6 is 0 Å². The molecule has 1 heterocycles. The second-order valence-electron chi connectivity index (χ2n) is 2.58. The Labute approximate surface area is 60.4 Å². The van der Waals surface area contributed by atoms with Crippen molar-refractivity contribution in [1.29, 1.82) is 0 Å². The van der Waals surface area contributed by atoms with Crippen molar-refractivity contribution in [3.05, 3.63) is 0 Å². The topological polar surface area (TPSA) is 54.0 Å². The quantitative estimate of drug-likeness (QED) is 0.534. The molecule has 0 radical (unpaired) electrons. The Morgan fingerprint density at radius 1 is 1.70 bits per heavy atom. The molecule has 0 aromatic rings. The molecule has 0 spiro atoms. The largest absolute Gasteiger partial charge is 0.260 e. The number of nitrogens with two attached hydrogens (primary N) is 1. The van der Waals surface area contributed by atoms with E-state index in [4.69, 9.17) is 5.84 Å². The fraction of sp³-hybridized carbons (Fsp3) is 0.667. The van der Waals surface area contributed by atoms with E-state index in [-0.39, 0.29) is 5.54 Å². The molecule has 1 rings (SSSR count). The molecule has 4 nitrogen and oxygen atoms in total. The molecule has 0 fully saturated rings. The maximum absolute atomic E-state index is 5.30. The molecular weight excluding hydrogens is 128 g/mol. The normalized spacial score (nSPS) is 31.3. The SMILES string of the molecule is CCC1(C)C=NN(N)C=N1. The number of rotatable bonds is 1. The van der Waals surface area contributed by atoms with Crippen molar-refractivity contribution in [1.82, 2.24) is 5.12 Å². The van der Waals surface area contributed by atoms with Gasteiger partial charge in [-0.3, -0.25) is 4.99 Å². The third-order valence-corrected chi connectivity index (χ3v) is 1.66. The Morgan fingerprint density at radius 3 is 2.80 bits per heavy atom. The van der Waals surface area contributed by atoms with Crippen LogP contribution in [0.3, 0.4) is 0 Å². The zero-order chi connectivity index (χ0) is 7.61. The van der Waals surface area contributed by atoms with Crippen LogP contribution in [0.1, 0.15) is 20.3 Å². The van der Waals surface area contributed by atoms with E-state index in [0.29, 0.717) is 0 Å².